The zero-order chi connectivity index (χ0) is 21.5. The van der Waals surface area contributed by atoms with E-state index < -0.39 is 17.6 Å². The molecule has 1 N–H and O–H groups in total. The van der Waals surface area contributed by atoms with Crippen LogP contribution in [0.15, 0.2) is 75.9 Å². The number of nitrogens with one attached hydrogen (secondary N) is 1. The van der Waals surface area contributed by atoms with Gasteiger partial charge in [0.25, 0.3) is 5.91 Å². The second-order valence-electron chi connectivity index (χ2n) is 6.47. The summed E-state index contributed by atoms with van der Waals surface area (Å²) in [6.07, 6.45) is -0.738. The zero-order valence-corrected chi connectivity index (χ0v) is 18.2. The maximum atomic E-state index is 12.8. The quantitative estimate of drug-likeness (QED) is 0.312. The van der Waals surface area contributed by atoms with Gasteiger partial charge >= 0.3 is 6.18 Å². The number of hydrogen-bond donors (Lipinski definition) is 1. The van der Waals surface area contributed by atoms with Gasteiger partial charge in [-0.25, -0.2) is 4.98 Å². The number of aromatic nitrogens is 2. The number of halogens is 5. The Balaban J connectivity index is 1.54. The van der Waals surface area contributed by atoms with E-state index in [-0.39, 0.29) is 5.56 Å². The number of pyridine rings is 1. The lowest BCUT2D eigenvalue weighted by atomic mass is 10.1. The first-order valence-corrected chi connectivity index (χ1v) is 10.2. The van der Waals surface area contributed by atoms with Crippen molar-refractivity contribution in [2.24, 2.45) is 0 Å². The number of rotatable bonds is 3. The van der Waals surface area contributed by atoms with Crippen molar-refractivity contribution in [3.8, 4) is 11.3 Å². The Morgan fingerprint density at radius 2 is 1.73 bits per heavy atom. The van der Waals surface area contributed by atoms with E-state index in [2.05, 4.69) is 42.2 Å². The first-order valence-electron chi connectivity index (χ1n) is 8.63. The number of alkyl halides is 3. The highest BCUT2D eigenvalue weighted by atomic mass is 79.9. The van der Waals surface area contributed by atoms with E-state index in [1.54, 1.807) is 24.3 Å². The first-order chi connectivity index (χ1) is 14.2. The van der Waals surface area contributed by atoms with E-state index in [0.717, 1.165) is 38.0 Å². The third-order valence-electron chi connectivity index (χ3n) is 4.36. The molecule has 4 nitrogen and oxygen atoms in total. The fourth-order valence-corrected chi connectivity index (χ4v) is 4.22. The zero-order valence-electron chi connectivity index (χ0n) is 15.0. The Morgan fingerprint density at radius 3 is 2.43 bits per heavy atom. The Bertz CT molecular complexity index is 1250. The van der Waals surface area contributed by atoms with Gasteiger partial charge in [0.15, 0.2) is 5.65 Å². The molecular formula is C21H12Br2F3N3O. The molecule has 1 amide bonds. The minimum atomic E-state index is -4.50. The molecule has 0 aliphatic rings. The minimum Gasteiger partial charge on any atom is -0.322 e. The summed E-state index contributed by atoms with van der Waals surface area (Å²) in [7, 11) is 0. The molecule has 2 aromatic heterocycles. The summed E-state index contributed by atoms with van der Waals surface area (Å²) < 4.78 is 42.2. The lowest BCUT2D eigenvalue weighted by Gasteiger charge is -2.09. The molecule has 0 saturated carbocycles. The van der Waals surface area contributed by atoms with Crippen molar-refractivity contribution in [1.29, 1.82) is 0 Å². The van der Waals surface area contributed by atoms with Crippen LogP contribution in [0.2, 0.25) is 0 Å². The van der Waals surface area contributed by atoms with Gasteiger partial charge in [0.05, 0.1) is 15.7 Å². The van der Waals surface area contributed by atoms with Gasteiger partial charge in [0.2, 0.25) is 0 Å². The van der Waals surface area contributed by atoms with Gasteiger partial charge in [-0.05, 0) is 68.3 Å². The SMILES string of the molecule is O=C(Nc1ccc(-c2cn3cc(Br)cc(Br)c3n2)cc1)c1cccc(C(F)(F)F)c1. The van der Waals surface area contributed by atoms with Crippen LogP contribution in [0.25, 0.3) is 16.9 Å². The van der Waals surface area contributed by atoms with Gasteiger partial charge in [0.1, 0.15) is 0 Å². The van der Waals surface area contributed by atoms with Crippen LogP contribution in [0.1, 0.15) is 15.9 Å². The van der Waals surface area contributed by atoms with Crippen LogP contribution in [-0.4, -0.2) is 15.3 Å². The van der Waals surface area contributed by atoms with Crippen LogP contribution in [-0.2, 0) is 6.18 Å². The van der Waals surface area contributed by atoms with Crippen LogP contribution >= 0.6 is 31.9 Å². The molecule has 0 aliphatic heterocycles. The fraction of sp³-hybridized carbons (Fsp3) is 0.0476. The summed E-state index contributed by atoms with van der Waals surface area (Å²) in [4.78, 5) is 16.9. The molecule has 4 aromatic rings. The van der Waals surface area contributed by atoms with Gasteiger partial charge in [-0.15, -0.1) is 0 Å². The van der Waals surface area contributed by atoms with E-state index in [4.69, 9.17) is 0 Å². The van der Waals surface area contributed by atoms with Gasteiger partial charge in [-0.2, -0.15) is 13.2 Å². The molecule has 0 fully saturated rings. The van der Waals surface area contributed by atoms with Gasteiger partial charge in [-0.1, -0.05) is 18.2 Å². The average Bonchev–Trinajstić information content (AvgIpc) is 3.12. The number of carbonyl (C=O) groups is 1. The third-order valence-corrected chi connectivity index (χ3v) is 5.38. The van der Waals surface area contributed by atoms with Crippen LogP contribution in [0.4, 0.5) is 18.9 Å². The van der Waals surface area contributed by atoms with Gasteiger partial charge < -0.3 is 9.72 Å². The maximum Gasteiger partial charge on any atom is 0.416 e. The van der Waals surface area contributed by atoms with E-state index in [9.17, 15) is 18.0 Å². The molecule has 0 atom stereocenters. The molecule has 152 valence electrons. The maximum absolute atomic E-state index is 12.8. The average molecular weight is 539 g/mol. The number of nitrogens with zero attached hydrogens (tertiary/aromatic N) is 2. The van der Waals surface area contributed by atoms with E-state index >= 15 is 0 Å². The van der Waals surface area contributed by atoms with E-state index in [0.29, 0.717) is 5.69 Å². The molecule has 0 saturated heterocycles. The normalized spacial score (nSPS) is 11.6. The first kappa shape index (κ1) is 20.6. The summed E-state index contributed by atoms with van der Waals surface area (Å²) in [5, 5.41) is 2.61. The highest BCUT2D eigenvalue weighted by Crippen LogP contribution is 2.30. The standard InChI is InChI=1S/C21H12Br2F3N3O/c22-15-9-17(23)19-28-18(11-29(19)10-15)12-4-6-16(7-5-12)27-20(30)13-2-1-3-14(8-13)21(24,25)26/h1-11H,(H,27,30). The number of carbonyl (C=O) groups excluding carboxylic acids is 1. The molecule has 0 bridgehead atoms. The molecule has 30 heavy (non-hydrogen) atoms. The van der Waals surface area contributed by atoms with Crippen LogP contribution < -0.4 is 5.32 Å². The summed E-state index contributed by atoms with van der Waals surface area (Å²) in [6, 6.07) is 13.1. The lowest BCUT2D eigenvalue weighted by molar-refractivity contribution is -0.137. The topological polar surface area (TPSA) is 46.4 Å². The molecule has 0 radical (unpaired) electrons. The summed E-state index contributed by atoms with van der Waals surface area (Å²) in [5.74, 6) is -0.615. The number of anilines is 1. The third kappa shape index (κ3) is 4.27. The Morgan fingerprint density at radius 1 is 1.00 bits per heavy atom. The van der Waals surface area contributed by atoms with Gasteiger partial charge in [0, 0.05) is 33.7 Å². The molecule has 0 aliphatic carbocycles. The van der Waals surface area contributed by atoms with Crippen molar-refractivity contribution >= 4 is 49.1 Å². The largest absolute Gasteiger partial charge is 0.416 e. The Hall–Kier alpha value is -2.65. The van der Waals surface area contributed by atoms with E-state index in [1.807, 2.05) is 22.9 Å². The molecule has 0 spiro atoms. The number of imidazole rings is 1. The second kappa shape index (κ2) is 7.88. The minimum absolute atomic E-state index is 0.0651. The molecule has 9 heteroatoms. The molecule has 2 aromatic carbocycles. The fourth-order valence-electron chi connectivity index (χ4n) is 2.93. The summed E-state index contributed by atoms with van der Waals surface area (Å²) in [5.41, 5.74) is 1.87. The smallest absolute Gasteiger partial charge is 0.322 e. The number of benzene rings is 2. The molecule has 2 heterocycles. The molecule has 0 unspecified atom stereocenters. The van der Waals surface area contributed by atoms with Gasteiger partial charge in [-0.3, -0.25) is 4.79 Å². The molecule has 4 rings (SSSR count). The van der Waals surface area contributed by atoms with Crippen molar-refractivity contribution in [1.82, 2.24) is 9.38 Å². The van der Waals surface area contributed by atoms with Crippen molar-refractivity contribution < 1.29 is 18.0 Å². The van der Waals surface area contributed by atoms with Crippen molar-refractivity contribution in [3.63, 3.8) is 0 Å². The number of amides is 1. The number of fused-ring (bicyclic) bond motifs is 1. The summed E-state index contributed by atoms with van der Waals surface area (Å²) in [6.45, 7) is 0. The predicted octanol–water partition coefficient (Wildman–Crippen LogP) is 6.80. The lowest BCUT2D eigenvalue weighted by Crippen LogP contribution is -2.13. The summed E-state index contributed by atoms with van der Waals surface area (Å²) >= 11 is 6.91. The number of hydrogen-bond acceptors (Lipinski definition) is 2. The molecular weight excluding hydrogens is 527 g/mol. The Kier molecular flexibility index (Phi) is 5.42. The van der Waals surface area contributed by atoms with E-state index in [1.165, 1.54) is 12.1 Å². The predicted molar refractivity (Wildman–Crippen MR) is 115 cm³/mol. The van der Waals surface area contributed by atoms with Crippen LogP contribution in [0.5, 0.6) is 0 Å². The van der Waals surface area contributed by atoms with Crippen LogP contribution in [0, 0.1) is 0 Å². The monoisotopic (exact) mass is 537 g/mol. The highest BCUT2D eigenvalue weighted by molar-refractivity contribution is 9.11. The second-order valence-corrected chi connectivity index (χ2v) is 8.24. The highest BCUT2D eigenvalue weighted by Gasteiger charge is 2.30. The Labute approximate surface area is 186 Å². The van der Waals surface area contributed by atoms with Crippen molar-refractivity contribution in [2.75, 3.05) is 5.32 Å². The van der Waals surface area contributed by atoms with Crippen molar-refractivity contribution in [3.05, 3.63) is 87.1 Å². The van der Waals surface area contributed by atoms with Crippen molar-refractivity contribution in [2.45, 2.75) is 6.18 Å². The van der Waals surface area contributed by atoms with Crippen LogP contribution in [0.3, 0.4) is 0 Å².